The highest BCUT2D eigenvalue weighted by Crippen LogP contribution is 2.28. The maximum atomic E-state index is 13.3. The van der Waals surface area contributed by atoms with Crippen molar-refractivity contribution in [3.63, 3.8) is 0 Å². The fraction of sp³-hybridized carbons (Fsp3) is 0.278. The molecule has 0 atom stereocenters. The van der Waals surface area contributed by atoms with Crippen LogP contribution in [-0.4, -0.2) is 17.3 Å². The lowest BCUT2D eigenvalue weighted by molar-refractivity contribution is -0.385. The Kier molecular flexibility index (Phi) is 4.97. The Morgan fingerprint density at radius 2 is 1.79 bits per heavy atom. The van der Waals surface area contributed by atoms with Crippen LogP contribution in [0.15, 0.2) is 24.3 Å². The Balaban J connectivity index is 2.29. The number of carbonyl (C=O) groups excluding carboxylic acids is 1. The lowest BCUT2D eigenvalue weighted by Crippen LogP contribution is -2.16. The zero-order valence-corrected chi connectivity index (χ0v) is 14.0. The number of nitro benzene ring substituents is 1. The van der Waals surface area contributed by atoms with Gasteiger partial charge in [-0.25, -0.2) is 4.39 Å². The van der Waals surface area contributed by atoms with E-state index in [4.69, 9.17) is 4.74 Å². The molecule has 0 heterocycles. The lowest BCUT2D eigenvalue weighted by Gasteiger charge is -2.14. The lowest BCUT2D eigenvalue weighted by atomic mass is 9.92. The molecule has 0 N–H and O–H groups in total. The number of halogens is 1. The third-order valence-electron chi connectivity index (χ3n) is 4.11. The number of carbonyl (C=O) groups is 1. The second-order valence-electron chi connectivity index (χ2n) is 5.72. The van der Waals surface area contributed by atoms with Crippen molar-refractivity contribution in [3.05, 3.63) is 68.0 Å². The maximum Gasteiger partial charge on any atom is 0.311 e. The monoisotopic (exact) mass is 331 g/mol. The molecule has 0 unspecified atom stereocenters. The highest BCUT2D eigenvalue weighted by Gasteiger charge is 2.20. The first kappa shape index (κ1) is 17.6. The van der Waals surface area contributed by atoms with Crippen molar-refractivity contribution in [1.29, 1.82) is 0 Å². The summed E-state index contributed by atoms with van der Waals surface area (Å²) in [7, 11) is 0. The second kappa shape index (κ2) is 6.78. The molecule has 0 saturated heterocycles. The van der Waals surface area contributed by atoms with Crippen LogP contribution in [0, 0.1) is 43.6 Å². The topological polar surface area (TPSA) is 69.4 Å². The Bertz CT molecular complexity index is 830. The summed E-state index contributed by atoms with van der Waals surface area (Å²) in [5.41, 5.74) is 3.94. The van der Waals surface area contributed by atoms with Crippen molar-refractivity contribution in [1.82, 2.24) is 0 Å². The molecule has 5 nitrogen and oxygen atoms in total. The average molecular weight is 331 g/mol. The van der Waals surface area contributed by atoms with Crippen molar-refractivity contribution in [2.24, 2.45) is 0 Å². The van der Waals surface area contributed by atoms with Gasteiger partial charge in [-0.3, -0.25) is 14.9 Å². The molecular formula is C18H18FNO4. The highest BCUT2D eigenvalue weighted by atomic mass is 19.1. The third-order valence-corrected chi connectivity index (χ3v) is 4.11. The van der Waals surface area contributed by atoms with Crippen molar-refractivity contribution in [3.8, 4) is 5.75 Å². The van der Waals surface area contributed by atoms with Gasteiger partial charge in [0.1, 0.15) is 5.82 Å². The Labute approximate surface area is 139 Å². The first-order valence-corrected chi connectivity index (χ1v) is 7.39. The minimum absolute atomic E-state index is 0.257. The van der Waals surface area contributed by atoms with E-state index in [0.29, 0.717) is 5.56 Å². The molecule has 0 aliphatic heterocycles. The van der Waals surface area contributed by atoms with Crippen LogP contribution in [0.3, 0.4) is 0 Å². The second-order valence-corrected chi connectivity index (χ2v) is 5.72. The largest absolute Gasteiger partial charge is 0.478 e. The van der Waals surface area contributed by atoms with Gasteiger partial charge >= 0.3 is 5.69 Å². The highest BCUT2D eigenvalue weighted by molar-refractivity contribution is 6.00. The Morgan fingerprint density at radius 3 is 2.42 bits per heavy atom. The number of Topliss-reactive ketones (excluding diaryl/α,β-unsaturated/α-hetero) is 1. The Morgan fingerprint density at radius 1 is 1.12 bits per heavy atom. The van der Waals surface area contributed by atoms with Gasteiger partial charge in [0.25, 0.3) is 0 Å². The predicted molar refractivity (Wildman–Crippen MR) is 88.3 cm³/mol. The molecular weight excluding hydrogens is 313 g/mol. The normalized spacial score (nSPS) is 10.5. The van der Waals surface area contributed by atoms with Gasteiger partial charge in [-0.15, -0.1) is 0 Å². The summed E-state index contributed by atoms with van der Waals surface area (Å²) in [6.07, 6.45) is 0. The zero-order chi connectivity index (χ0) is 18.0. The molecule has 2 rings (SSSR count). The summed E-state index contributed by atoms with van der Waals surface area (Å²) < 4.78 is 18.5. The van der Waals surface area contributed by atoms with Gasteiger partial charge < -0.3 is 4.74 Å². The number of ether oxygens (including phenoxy) is 1. The van der Waals surface area contributed by atoms with Crippen molar-refractivity contribution < 1.29 is 18.8 Å². The van der Waals surface area contributed by atoms with Gasteiger partial charge in [-0.1, -0.05) is 6.07 Å². The molecule has 0 aliphatic carbocycles. The van der Waals surface area contributed by atoms with E-state index < -0.39 is 17.3 Å². The quantitative estimate of drug-likeness (QED) is 0.467. The minimum Gasteiger partial charge on any atom is -0.478 e. The number of hydrogen-bond donors (Lipinski definition) is 0. The first-order valence-electron chi connectivity index (χ1n) is 7.39. The van der Waals surface area contributed by atoms with E-state index in [1.807, 2.05) is 33.8 Å². The Hall–Kier alpha value is -2.76. The average Bonchev–Trinajstić information content (AvgIpc) is 2.50. The van der Waals surface area contributed by atoms with Gasteiger partial charge in [0.05, 0.1) is 4.92 Å². The number of aryl methyl sites for hydroxylation is 2. The van der Waals surface area contributed by atoms with Crippen LogP contribution in [0.1, 0.15) is 32.6 Å². The van der Waals surface area contributed by atoms with E-state index in [2.05, 4.69) is 0 Å². The number of benzene rings is 2. The van der Waals surface area contributed by atoms with Crippen LogP contribution in [0.25, 0.3) is 0 Å². The fourth-order valence-corrected chi connectivity index (χ4v) is 2.68. The number of hydrogen-bond acceptors (Lipinski definition) is 4. The van der Waals surface area contributed by atoms with Gasteiger partial charge in [-0.2, -0.15) is 0 Å². The van der Waals surface area contributed by atoms with Crippen LogP contribution in [-0.2, 0) is 0 Å². The van der Waals surface area contributed by atoms with E-state index >= 15 is 0 Å². The standard InChI is InChI=1S/C18H18FNO4/c1-10-7-11(2)18(13(4)12(10)3)16(21)9-24-17-8-14(19)5-6-15(17)20(22)23/h5-8H,9H2,1-4H3. The van der Waals surface area contributed by atoms with Gasteiger partial charge in [0.2, 0.25) is 5.78 Å². The predicted octanol–water partition coefficient (Wildman–Crippen LogP) is 4.23. The summed E-state index contributed by atoms with van der Waals surface area (Å²) in [6, 6.07) is 4.82. The molecule has 126 valence electrons. The molecule has 2 aromatic carbocycles. The van der Waals surface area contributed by atoms with E-state index in [9.17, 15) is 19.3 Å². The van der Waals surface area contributed by atoms with Crippen LogP contribution >= 0.6 is 0 Å². The summed E-state index contributed by atoms with van der Waals surface area (Å²) >= 11 is 0. The van der Waals surface area contributed by atoms with E-state index in [0.717, 1.165) is 40.5 Å². The number of rotatable bonds is 5. The molecule has 6 heteroatoms. The summed E-state index contributed by atoms with van der Waals surface area (Å²) in [6.45, 7) is 7.19. The van der Waals surface area contributed by atoms with Crippen LogP contribution in [0.5, 0.6) is 5.75 Å². The van der Waals surface area contributed by atoms with Gasteiger partial charge in [-0.05, 0) is 56.0 Å². The molecule has 0 spiro atoms. The molecule has 0 saturated carbocycles. The number of ketones is 1. The molecule has 0 aliphatic rings. The molecule has 0 fully saturated rings. The van der Waals surface area contributed by atoms with Crippen LogP contribution in [0.2, 0.25) is 0 Å². The van der Waals surface area contributed by atoms with Gasteiger partial charge in [0.15, 0.2) is 12.4 Å². The molecule has 0 aromatic heterocycles. The van der Waals surface area contributed by atoms with E-state index in [1.165, 1.54) is 0 Å². The number of nitrogens with zero attached hydrogens (tertiary/aromatic N) is 1. The van der Waals surface area contributed by atoms with E-state index in [1.54, 1.807) is 0 Å². The molecule has 0 amide bonds. The van der Waals surface area contributed by atoms with Crippen LogP contribution < -0.4 is 4.74 Å². The number of nitro groups is 1. The maximum absolute atomic E-state index is 13.3. The van der Waals surface area contributed by atoms with Gasteiger partial charge in [0, 0.05) is 17.7 Å². The minimum atomic E-state index is -0.675. The van der Waals surface area contributed by atoms with Crippen molar-refractivity contribution >= 4 is 11.5 Å². The molecule has 24 heavy (non-hydrogen) atoms. The smallest absolute Gasteiger partial charge is 0.311 e. The molecule has 0 bridgehead atoms. The van der Waals surface area contributed by atoms with Crippen LogP contribution in [0.4, 0.5) is 10.1 Å². The van der Waals surface area contributed by atoms with E-state index in [-0.39, 0.29) is 17.2 Å². The third kappa shape index (κ3) is 3.42. The summed E-state index contributed by atoms with van der Waals surface area (Å²) in [5.74, 6) is -1.22. The fourth-order valence-electron chi connectivity index (χ4n) is 2.68. The first-order chi connectivity index (χ1) is 11.2. The molecule has 0 radical (unpaired) electrons. The zero-order valence-electron chi connectivity index (χ0n) is 14.0. The van der Waals surface area contributed by atoms with Crippen molar-refractivity contribution in [2.75, 3.05) is 6.61 Å². The van der Waals surface area contributed by atoms with Crippen molar-refractivity contribution in [2.45, 2.75) is 27.7 Å². The summed E-state index contributed by atoms with van der Waals surface area (Å²) in [4.78, 5) is 22.8. The SMILES string of the molecule is Cc1cc(C)c(C(=O)COc2cc(F)ccc2[N+](=O)[O-])c(C)c1C. The molecule has 2 aromatic rings. The summed E-state index contributed by atoms with van der Waals surface area (Å²) in [5, 5.41) is 11.0.